The molecular weight excluding hydrogens is 364 g/mol. The molecule has 0 atom stereocenters. The number of carbonyl (C=O) groups is 1. The monoisotopic (exact) mass is 374 g/mol. The Morgan fingerprint density at radius 3 is 2.57 bits per heavy atom. The molecule has 2 aromatic rings. The zero-order valence-electron chi connectivity index (χ0n) is 11.0. The Hall–Kier alpha value is -1.94. The molecule has 0 spiro atoms. The van der Waals surface area contributed by atoms with Crippen LogP contribution in [0.25, 0.3) is 0 Å². The molecule has 0 aliphatic carbocycles. The third-order valence-electron chi connectivity index (χ3n) is 2.70. The summed E-state index contributed by atoms with van der Waals surface area (Å²) in [5.41, 5.74) is 0.817. The Balaban J connectivity index is 2.38. The van der Waals surface area contributed by atoms with E-state index in [4.69, 9.17) is 5.11 Å². The summed E-state index contributed by atoms with van der Waals surface area (Å²) < 4.78 is 28.1. The Morgan fingerprint density at radius 1 is 1.43 bits per heavy atom. The van der Waals surface area contributed by atoms with Crippen molar-refractivity contribution in [2.75, 3.05) is 4.72 Å². The standard InChI is InChI=1S/C11H11BrN4O4S/c1-6-5-7(3-4-8(6)11(17)18)14-21(19,20)10-9(12)13-15-16(10)2/h3-5,14H,1-2H3,(H,17,18). The summed E-state index contributed by atoms with van der Waals surface area (Å²) in [4.78, 5) is 10.9. The Kier molecular flexibility index (Phi) is 4.01. The lowest BCUT2D eigenvalue weighted by Gasteiger charge is -2.09. The summed E-state index contributed by atoms with van der Waals surface area (Å²) in [5, 5.41) is 16.0. The third kappa shape index (κ3) is 3.05. The minimum absolute atomic E-state index is 0.0939. The SMILES string of the molecule is Cc1cc(NS(=O)(=O)c2c(Br)nnn2C)ccc1C(=O)O. The minimum atomic E-state index is -3.89. The van der Waals surface area contributed by atoms with E-state index in [1.165, 1.54) is 25.2 Å². The number of aromatic carboxylic acids is 1. The number of anilines is 1. The van der Waals surface area contributed by atoms with Crippen LogP contribution in [0, 0.1) is 6.92 Å². The number of hydrogen-bond acceptors (Lipinski definition) is 5. The van der Waals surface area contributed by atoms with Gasteiger partial charge in [-0.3, -0.25) is 4.72 Å². The second-order valence-corrected chi connectivity index (χ2v) is 6.60. The fourth-order valence-electron chi connectivity index (χ4n) is 1.78. The molecule has 2 N–H and O–H groups in total. The lowest BCUT2D eigenvalue weighted by atomic mass is 10.1. The molecule has 0 fully saturated rings. The van der Waals surface area contributed by atoms with E-state index in [2.05, 4.69) is 31.0 Å². The van der Waals surface area contributed by atoms with Crippen molar-refractivity contribution >= 4 is 37.6 Å². The van der Waals surface area contributed by atoms with Crippen molar-refractivity contribution < 1.29 is 18.3 Å². The number of sulfonamides is 1. The van der Waals surface area contributed by atoms with E-state index in [-0.39, 0.29) is 20.9 Å². The van der Waals surface area contributed by atoms with Crippen LogP contribution >= 0.6 is 15.9 Å². The quantitative estimate of drug-likeness (QED) is 0.835. The van der Waals surface area contributed by atoms with Gasteiger partial charge in [0.15, 0.2) is 4.60 Å². The van der Waals surface area contributed by atoms with E-state index in [1.807, 2.05) is 0 Å². The number of nitrogens with one attached hydrogen (secondary N) is 1. The molecule has 0 saturated carbocycles. The van der Waals surface area contributed by atoms with Gasteiger partial charge in [0.25, 0.3) is 10.0 Å². The van der Waals surface area contributed by atoms with Crippen molar-refractivity contribution in [2.45, 2.75) is 11.9 Å². The van der Waals surface area contributed by atoms with Crippen LogP contribution in [-0.2, 0) is 17.1 Å². The zero-order valence-corrected chi connectivity index (χ0v) is 13.4. The summed E-state index contributed by atoms with van der Waals surface area (Å²) in [6.45, 7) is 1.59. The molecule has 0 radical (unpaired) electrons. The van der Waals surface area contributed by atoms with E-state index < -0.39 is 16.0 Å². The number of nitrogens with zero attached hydrogens (tertiary/aromatic N) is 3. The fourth-order valence-corrected chi connectivity index (χ4v) is 3.93. The molecule has 0 aliphatic rings. The third-order valence-corrected chi connectivity index (χ3v) is 4.97. The highest BCUT2D eigenvalue weighted by Crippen LogP contribution is 2.22. The van der Waals surface area contributed by atoms with Gasteiger partial charge in [0.05, 0.1) is 5.56 Å². The number of hydrogen-bond donors (Lipinski definition) is 2. The minimum Gasteiger partial charge on any atom is -0.478 e. The first kappa shape index (κ1) is 15.4. The highest BCUT2D eigenvalue weighted by atomic mass is 79.9. The van der Waals surface area contributed by atoms with Crippen molar-refractivity contribution in [3.8, 4) is 0 Å². The number of rotatable bonds is 4. The smallest absolute Gasteiger partial charge is 0.335 e. The van der Waals surface area contributed by atoms with Crippen molar-refractivity contribution in [3.63, 3.8) is 0 Å². The van der Waals surface area contributed by atoms with Crippen LogP contribution in [-0.4, -0.2) is 34.5 Å². The van der Waals surface area contributed by atoms with Gasteiger partial charge in [-0.2, -0.15) is 8.42 Å². The van der Waals surface area contributed by atoms with Crippen molar-refractivity contribution in [2.24, 2.45) is 7.05 Å². The van der Waals surface area contributed by atoms with Crippen molar-refractivity contribution in [3.05, 3.63) is 33.9 Å². The maximum absolute atomic E-state index is 12.3. The van der Waals surface area contributed by atoms with Crippen LogP contribution in [0.4, 0.5) is 5.69 Å². The van der Waals surface area contributed by atoms with Crippen LogP contribution in [0.15, 0.2) is 27.8 Å². The summed E-state index contributed by atoms with van der Waals surface area (Å²) in [7, 11) is -2.44. The molecule has 1 aromatic carbocycles. The number of carboxylic acids is 1. The first-order valence-electron chi connectivity index (χ1n) is 5.64. The van der Waals surface area contributed by atoms with Gasteiger partial charge >= 0.3 is 5.97 Å². The normalized spacial score (nSPS) is 11.4. The first-order valence-corrected chi connectivity index (χ1v) is 7.92. The van der Waals surface area contributed by atoms with E-state index in [0.717, 1.165) is 4.68 Å². The highest BCUT2D eigenvalue weighted by molar-refractivity contribution is 9.10. The Morgan fingerprint density at radius 2 is 2.10 bits per heavy atom. The number of aromatic nitrogens is 3. The van der Waals surface area contributed by atoms with E-state index in [1.54, 1.807) is 6.92 Å². The molecule has 1 aromatic heterocycles. The van der Waals surface area contributed by atoms with E-state index in [0.29, 0.717) is 5.56 Å². The predicted molar refractivity (Wildman–Crippen MR) is 77.6 cm³/mol. The molecule has 2 rings (SSSR count). The van der Waals surface area contributed by atoms with Gasteiger partial charge in [-0.25, -0.2) is 9.48 Å². The molecule has 112 valence electrons. The van der Waals surface area contributed by atoms with E-state index in [9.17, 15) is 13.2 Å². The molecule has 0 amide bonds. The van der Waals surface area contributed by atoms with Gasteiger partial charge in [-0.05, 0) is 46.6 Å². The number of halogens is 1. The average molecular weight is 375 g/mol. The topological polar surface area (TPSA) is 114 Å². The lowest BCUT2D eigenvalue weighted by molar-refractivity contribution is 0.0696. The molecule has 8 nitrogen and oxygen atoms in total. The summed E-state index contributed by atoms with van der Waals surface area (Å²) in [5.74, 6) is -1.07. The molecule has 0 saturated heterocycles. The van der Waals surface area contributed by atoms with Gasteiger partial charge in [-0.1, -0.05) is 5.21 Å². The highest BCUT2D eigenvalue weighted by Gasteiger charge is 2.24. The molecule has 0 aliphatic heterocycles. The summed E-state index contributed by atoms with van der Waals surface area (Å²) in [6.07, 6.45) is 0. The fraction of sp³-hybridized carbons (Fsp3) is 0.182. The second-order valence-electron chi connectivity index (χ2n) is 4.25. The van der Waals surface area contributed by atoms with Crippen molar-refractivity contribution in [1.82, 2.24) is 15.0 Å². The van der Waals surface area contributed by atoms with E-state index >= 15 is 0 Å². The second kappa shape index (κ2) is 5.45. The number of aryl methyl sites for hydroxylation is 2. The molecule has 0 bridgehead atoms. The van der Waals surface area contributed by atoms with Crippen LogP contribution < -0.4 is 4.72 Å². The van der Waals surface area contributed by atoms with Crippen LogP contribution in [0.2, 0.25) is 0 Å². The molecule has 1 heterocycles. The van der Waals surface area contributed by atoms with Gasteiger partial charge < -0.3 is 5.11 Å². The maximum Gasteiger partial charge on any atom is 0.335 e. The van der Waals surface area contributed by atoms with Crippen LogP contribution in [0.5, 0.6) is 0 Å². The maximum atomic E-state index is 12.3. The Labute approximate surface area is 129 Å². The number of benzene rings is 1. The Bertz CT molecular complexity index is 796. The van der Waals surface area contributed by atoms with Gasteiger partial charge in [0.1, 0.15) is 0 Å². The molecule has 10 heteroatoms. The zero-order chi connectivity index (χ0) is 15.8. The first-order chi connectivity index (χ1) is 9.72. The largest absolute Gasteiger partial charge is 0.478 e. The van der Waals surface area contributed by atoms with Crippen LogP contribution in [0.1, 0.15) is 15.9 Å². The predicted octanol–water partition coefficient (Wildman–Crippen LogP) is 1.39. The average Bonchev–Trinajstić information content (AvgIpc) is 2.68. The van der Waals surface area contributed by atoms with Gasteiger partial charge in [0, 0.05) is 12.7 Å². The lowest BCUT2D eigenvalue weighted by Crippen LogP contribution is -2.17. The molecule has 0 unspecified atom stereocenters. The van der Waals surface area contributed by atoms with Gasteiger partial charge in [0.2, 0.25) is 5.03 Å². The van der Waals surface area contributed by atoms with Gasteiger partial charge in [-0.15, -0.1) is 5.10 Å². The van der Waals surface area contributed by atoms with Crippen molar-refractivity contribution in [1.29, 1.82) is 0 Å². The summed E-state index contributed by atoms with van der Waals surface area (Å²) in [6, 6.07) is 4.16. The number of carboxylic acid groups (broad SMARTS) is 1. The van der Waals surface area contributed by atoms with Crippen LogP contribution in [0.3, 0.4) is 0 Å². The summed E-state index contributed by atoms with van der Waals surface area (Å²) >= 11 is 3.02. The molecule has 21 heavy (non-hydrogen) atoms. The molecular formula is C11H11BrN4O4S.